The number of rotatable bonds is 5. The van der Waals surface area contributed by atoms with Crippen LogP contribution < -0.4 is 11.1 Å². The van der Waals surface area contributed by atoms with E-state index in [1.165, 1.54) is 12.8 Å². The third-order valence-corrected chi connectivity index (χ3v) is 5.29. The lowest BCUT2D eigenvalue weighted by molar-refractivity contribution is -0.122. The molecule has 3 nitrogen and oxygen atoms in total. The quantitative estimate of drug-likeness (QED) is 0.820. The van der Waals surface area contributed by atoms with Crippen molar-refractivity contribution in [3.8, 4) is 0 Å². The SMILES string of the molecule is CCSC1CCCC1NC(=O)C(C)c1cccc(N)c1. The van der Waals surface area contributed by atoms with Crippen LogP contribution in [0.2, 0.25) is 0 Å². The van der Waals surface area contributed by atoms with Crippen molar-refractivity contribution in [2.24, 2.45) is 0 Å². The van der Waals surface area contributed by atoms with Gasteiger partial charge in [0.2, 0.25) is 5.91 Å². The highest BCUT2D eigenvalue weighted by Crippen LogP contribution is 2.30. The Balaban J connectivity index is 1.97. The second kappa shape index (κ2) is 7.02. The lowest BCUT2D eigenvalue weighted by atomic mass is 9.99. The summed E-state index contributed by atoms with van der Waals surface area (Å²) in [5, 5.41) is 3.81. The summed E-state index contributed by atoms with van der Waals surface area (Å²) in [7, 11) is 0. The van der Waals surface area contributed by atoms with Gasteiger partial charge in [0.1, 0.15) is 0 Å². The van der Waals surface area contributed by atoms with Gasteiger partial charge in [-0.25, -0.2) is 0 Å². The molecule has 1 fully saturated rings. The molecular formula is C16H24N2OS. The number of amides is 1. The smallest absolute Gasteiger partial charge is 0.227 e. The Bertz CT molecular complexity index is 464. The first-order valence-corrected chi connectivity index (χ1v) is 8.44. The van der Waals surface area contributed by atoms with E-state index in [0.717, 1.165) is 17.7 Å². The fraction of sp³-hybridized carbons (Fsp3) is 0.562. The molecule has 1 aromatic rings. The molecule has 1 aromatic carbocycles. The van der Waals surface area contributed by atoms with E-state index in [2.05, 4.69) is 12.2 Å². The van der Waals surface area contributed by atoms with Crippen molar-refractivity contribution >= 4 is 23.4 Å². The molecule has 3 unspecified atom stereocenters. The van der Waals surface area contributed by atoms with Crippen molar-refractivity contribution < 1.29 is 4.79 Å². The standard InChI is InChI=1S/C16H24N2OS/c1-3-20-15-9-5-8-14(15)18-16(19)11(2)12-6-4-7-13(17)10-12/h4,6-7,10-11,14-15H,3,5,8-9,17H2,1-2H3,(H,18,19). The molecule has 3 N–H and O–H groups in total. The third-order valence-electron chi connectivity index (χ3n) is 3.96. The van der Waals surface area contributed by atoms with Crippen molar-refractivity contribution in [1.29, 1.82) is 0 Å². The van der Waals surface area contributed by atoms with Crippen LogP contribution in [0.4, 0.5) is 5.69 Å². The van der Waals surface area contributed by atoms with Crippen LogP contribution >= 0.6 is 11.8 Å². The van der Waals surface area contributed by atoms with Gasteiger partial charge in [-0.3, -0.25) is 4.79 Å². The third kappa shape index (κ3) is 3.69. The Labute approximate surface area is 125 Å². The minimum absolute atomic E-state index is 0.115. The van der Waals surface area contributed by atoms with E-state index in [1.54, 1.807) is 0 Å². The molecule has 4 heteroatoms. The Morgan fingerprint density at radius 3 is 3.00 bits per heavy atom. The maximum atomic E-state index is 12.4. The second-order valence-corrected chi connectivity index (χ2v) is 6.95. The second-order valence-electron chi connectivity index (χ2n) is 5.43. The zero-order chi connectivity index (χ0) is 14.5. The van der Waals surface area contributed by atoms with Gasteiger partial charge in [0.05, 0.1) is 5.92 Å². The zero-order valence-electron chi connectivity index (χ0n) is 12.3. The van der Waals surface area contributed by atoms with E-state index in [1.807, 2.05) is 43.0 Å². The number of hydrogen-bond donors (Lipinski definition) is 2. The van der Waals surface area contributed by atoms with E-state index in [9.17, 15) is 4.79 Å². The highest BCUT2D eigenvalue weighted by Gasteiger charge is 2.29. The van der Waals surface area contributed by atoms with E-state index in [4.69, 9.17) is 5.73 Å². The molecule has 0 saturated heterocycles. The van der Waals surface area contributed by atoms with Crippen molar-refractivity contribution in [2.45, 2.75) is 50.3 Å². The monoisotopic (exact) mass is 292 g/mol. The summed E-state index contributed by atoms with van der Waals surface area (Å²) in [5.74, 6) is 1.08. The van der Waals surface area contributed by atoms with Gasteiger partial charge < -0.3 is 11.1 Å². The van der Waals surface area contributed by atoms with Crippen molar-refractivity contribution in [2.75, 3.05) is 11.5 Å². The summed E-state index contributed by atoms with van der Waals surface area (Å²) in [4.78, 5) is 12.4. The zero-order valence-corrected chi connectivity index (χ0v) is 13.1. The summed E-state index contributed by atoms with van der Waals surface area (Å²) in [6, 6.07) is 7.93. The van der Waals surface area contributed by atoms with E-state index >= 15 is 0 Å². The van der Waals surface area contributed by atoms with Crippen LogP contribution in [0.15, 0.2) is 24.3 Å². The minimum atomic E-state index is -0.147. The number of nitrogens with one attached hydrogen (secondary N) is 1. The lowest BCUT2D eigenvalue weighted by Gasteiger charge is -2.22. The van der Waals surface area contributed by atoms with Crippen LogP contribution in [0.3, 0.4) is 0 Å². The number of hydrogen-bond acceptors (Lipinski definition) is 3. The van der Waals surface area contributed by atoms with Gasteiger partial charge >= 0.3 is 0 Å². The first-order valence-electron chi connectivity index (χ1n) is 7.39. The topological polar surface area (TPSA) is 55.1 Å². The van der Waals surface area contributed by atoms with Crippen molar-refractivity contribution in [1.82, 2.24) is 5.32 Å². The van der Waals surface area contributed by atoms with Crippen LogP contribution in [0.5, 0.6) is 0 Å². The summed E-state index contributed by atoms with van der Waals surface area (Å²) in [5.41, 5.74) is 7.48. The summed E-state index contributed by atoms with van der Waals surface area (Å²) < 4.78 is 0. The Kier molecular flexibility index (Phi) is 5.35. The van der Waals surface area contributed by atoms with Gasteiger partial charge in [0.15, 0.2) is 0 Å². The molecular weight excluding hydrogens is 268 g/mol. The predicted octanol–water partition coefficient (Wildman–Crippen LogP) is 3.16. The van der Waals surface area contributed by atoms with Gasteiger partial charge in [-0.1, -0.05) is 25.5 Å². The number of nitrogens with two attached hydrogens (primary N) is 1. The van der Waals surface area contributed by atoms with Crippen molar-refractivity contribution in [3.05, 3.63) is 29.8 Å². The van der Waals surface area contributed by atoms with Crippen LogP contribution in [-0.2, 0) is 4.79 Å². The molecule has 20 heavy (non-hydrogen) atoms. The number of benzene rings is 1. The molecule has 3 atom stereocenters. The molecule has 0 aromatic heterocycles. The van der Waals surface area contributed by atoms with Gasteiger partial charge in [0, 0.05) is 17.0 Å². The molecule has 110 valence electrons. The summed E-state index contributed by atoms with van der Waals surface area (Å²) >= 11 is 1.96. The van der Waals surface area contributed by atoms with Crippen molar-refractivity contribution in [3.63, 3.8) is 0 Å². The average molecular weight is 292 g/mol. The highest BCUT2D eigenvalue weighted by atomic mass is 32.2. The first kappa shape index (κ1) is 15.2. The number of carbonyl (C=O) groups is 1. The molecule has 1 saturated carbocycles. The summed E-state index contributed by atoms with van der Waals surface area (Å²) in [6.07, 6.45) is 3.54. The molecule has 0 heterocycles. The number of nitrogen functional groups attached to an aromatic ring is 1. The number of carbonyl (C=O) groups excluding carboxylic acids is 1. The molecule has 0 radical (unpaired) electrons. The molecule has 1 amide bonds. The van der Waals surface area contributed by atoms with Gasteiger partial charge in [-0.05, 0) is 43.2 Å². The van der Waals surface area contributed by atoms with E-state index in [0.29, 0.717) is 17.0 Å². The normalized spacial score (nSPS) is 23.5. The van der Waals surface area contributed by atoms with Gasteiger partial charge in [0.25, 0.3) is 0 Å². The fourth-order valence-electron chi connectivity index (χ4n) is 2.79. The van der Waals surface area contributed by atoms with Crippen LogP contribution in [0.25, 0.3) is 0 Å². The molecule has 0 aliphatic heterocycles. The molecule has 1 aliphatic carbocycles. The first-order chi connectivity index (χ1) is 9.61. The number of thioether (sulfide) groups is 1. The molecule has 2 rings (SSSR count). The minimum Gasteiger partial charge on any atom is -0.399 e. The molecule has 1 aliphatic rings. The van der Waals surface area contributed by atoms with Gasteiger partial charge in [-0.15, -0.1) is 0 Å². The fourth-order valence-corrected chi connectivity index (χ4v) is 3.99. The lowest BCUT2D eigenvalue weighted by Crippen LogP contribution is -2.40. The van der Waals surface area contributed by atoms with E-state index < -0.39 is 0 Å². The summed E-state index contributed by atoms with van der Waals surface area (Å²) in [6.45, 7) is 4.12. The molecule has 0 spiro atoms. The van der Waals surface area contributed by atoms with E-state index in [-0.39, 0.29) is 11.8 Å². The van der Waals surface area contributed by atoms with Crippen LogP contribution in [0, 0.1) is 0 Å². The molecule has 0 bridgehead atoms. The number of anilines is 1. The van der Waals surface area contributed by atoms with Crippen LogP contribution in [-0.4, -0.2) is 23.0 Å². The Morgan fingerprint density at radius 2 is 2.30 bits per heavy atom. The maximum absolute atomic E-state index is 12.4. The van der Waals surface area contributed by atoms with Gasteiger partial charge in [-0.2, -0.15) is 11.8 Å². The van der Waals surface area contributed by atoms with Crippen LogP contribution in [0.1, 0.15) is 44.6 Å². The Hall–Kier alpha value is -1.16. The Morgan fingerprint density at radius 1 is 1.50 bits per heavy atom. The maximum Gasteiger partial charge on any atom is 0.227 e. The largest absolute Gasteiger partial charge is 0.399 e. The highest BCUT2D eigenvalue weighted by molar-refractivity contribution is 7.99. The average Bonchev–Trinajstić information content (AvgIpc) is 2.85. The predicted molar refractivity (Wildman–Crippen MR) is 87.0 cm³/mol.